The van der Waals surface area contributed by atoms with E-state index in [9.17, 15) is 9.59 Å². The third kappa shape index (κ3) is 10.2. The molecule has 0 fully saturated rings. The SMILES string of the molecule is CCCCCCCCCC(=O)N(CCCOCC)Cc1nc(C(=O)OC)cs1. The van der Waals surface area contributed by atoms with Crippen molar-refractivity contribution in [2.75, 3.05) is 26.9 Å². The number of aromatic nitrogens is 1. The molecular formula is C21H36N2O4S. The molecule has 1 aromatic rings. The monoisotopic (exact) mass is 412 g/mol. The molecule has 0 spiro atoms. The fourth-order valence-electron chi connectivity index (χ4n) is 2.93. The molecule has 28 heavy (non-hydrogen) atoms. The first-order valence-corrected chi connectivity index (χ1v) is 11.4. The van der Waals surface area contributed by atoms with Crippen molar-refractivity contribution in [1.82, 2.24) is 9.88 Å². The summed E-state index contributed by atoms with van der Waals surface area (Å²) in [5.41, 5.74) is 0.302. The van der Waals surface area contributed by atoms with E-state index in [-0.39, 0.29) is 5.91 Å². The van der Waals surface area contributed by atoms with Gasteiger partial charge in [0, 0.05) is 31.6 Å². The molecule has 0 aliphatic heterocycles. The zero-order valence-corrected chi connectivity index (χ0v) is 18.5. The van der Waals surface area contributed by atoms with Crippen LogP contribution in [0.1, 0.15) is 87.1 Å². The topological polar surface area (TPSA) is 68.7 Å². The summed E-state index contributed by atoms with van der Waals surface area (Å²) in [4.78, 5) is 30.4. The molecule has 0 radical (unpaired) electrons. The van der Waals surface area contributed by atoms with Crippen molar-refractivity contribution in [3.8, 4) is 0 Å². The highest BCUT2D eigenvalue weighted by Gasteiger charge is 2.17. The third-order valence-electron chi connectivity index (χ3n) is 4.54. The number of ether oxygens (including phenoxy) is 2. The number of thiazole rings is 1. The van der Waals surface area contributed by atoms with Crippen LogP contribution in [-0.2, 0) is 20.8 Å². The van der Waals surface area contributed by atoms with Gasteiger partial charge in [0.15, 0.2) is 5.69 Å². The minimum absolute atomic E-state index is 0.153. The lowest BCUT2D eigenvalue weighted by Gasteiger charge is -2.22. The van der Waals surface area contributed by atoms with E-state index in [1.807, 2.05) is 11.8 Å². The summed E-state index contributed by atoms with van der Waals surface area (Å²) in [5, 5.41) is 2.44. The van der Waals surface area contributed by atoms with Crippen LogP contribution in [-0.4, -0.2) is 48.6 Å². The molecule has 1 rings (SSSR count). The lowest BCUT2D eigenvalue weighted by molar-refractivity contribution is -0.132. The Hall–Kier alpha value is -1.47. The molecule has 0 saturated carbocycles. The van der Waals surface area contributed by atoms with E-state index in [0.29, 0.717) is 38.4 Å². The van der Waals surface area contributed by atoms with Crippen LogP contribution in [0.3, 0.4) is 0 Å². The number of hydrogen-bond acceptors (Lipinski definition) is 6. The second-order valence-electron chi connectivity index (χ2n) is 6.86. The standard InChI is InChI=1S/C21H36N2O4S/c1-4-6-7-8-9-10-11-13-20(24)23(14-12-15-27-5-2)16-19-22-18(17-28-19)21(25)26-3/h17H,4-16H2,1-3H3. The van der Waals surface area contributed by atoms with Crippen molar-refractivity contribution in [2.24, 2.45) is 0 Å². The highest BCUT2D eigenvalue weighted by Crippen LogP contribution is 2.16. The zero-order chi connectivity index (χ0) is 20.6. The molecular weight excluding hydrogens is 376 g/mol. The van der Waals surface area contributed by atoms with Crippen LogP contribution in [0.15, 0.2) is 5.38 Å². The summed E-state index contributed by atoms with van der Waals surface area (Å²) in [6.07, 6.45) is 9.70. The van der Waals surface area contributed by atoms with Crippen molar-refractivity contribution >= 4 is 23.2 Å². The number of methoxy groups -OCH3 is 1. The predicted octanol–water partition coefficient (Wildman–Crippen LogP) is 4.83. The number of carbonyl (C=O) groups is 2. The maximum absolute atomic E-state index is 12.7. The van der Waals surface area contributed by atoms with E-state index in [4.69, 9.17) is 9.47 Å². The van der Waals surface area contributed by atoms with Crippen molar-refractivity contribution in [3.05, 3.63) is 16.1 Å². The van der Waals surface area contributed by atoms with Crippen LogP contribution in [0.25, 0.3) is 0 Å². The average molecular weight is 413 g/mol. The molecule has 0 aliphatic carbocycles. The van der Waals surface area contributed by atoms with Crippen molar-refractivity contribution in [2.45, 2.75) is 78.2 Å². The molecule has 0 saturated heterocycles. The molecule has 160 valence electrons. The van der Waals surface area contributed by atoms with Crippen LogP contribution < -0.4 is 0 Å². The summed E-state index contributed by atoms with van der Waals surface area (Å²) in [6, 6.07) is 0. The maximum atomic E-state index is 12.7. The fourth-order valence-corrected chi connectivity index (χ4v) is 3.71. The molecule has 1 aromatic heterocycles. The van der Waals surface area contributed by atoms with Gasteiger partial charge in [0.1, 0.15) is 5.01 Å². The third-order valence-corrected chi connectivity index (χ3v) is 5.37. The quantitative estimate of drug-likeness (QED) is 0.287. The van der Waals surface area contributed by atoms with Gasteiger partial charge in [-0.3, -0.25) is 4.79 Å². The van der Waals surface area contributed by atoms with E-state index in [2.05, 4.69) is 11.9 Å². The Morgan fingerprint density at radius 2 is 1.79 bits per heavy atom. The highest BCUT2D eigenvalue weighted by molar-refractivity contribution is 7.09. The summed E-state index contributed by atoms with van der Waals surface area (Å²) in [7, 11) is 1.34. The molecule has 6 nitrogen and oxygen atoms in total. The van der Waals surface area contributed by atoms with E-state index in [1.165, 1.54) is 50.6 Å². The molecule has 0 aliphatic rings. The number of esters is 1. The van der Waals surface area contributed by atoms with E-state index in [0.717, 1.165) is 24.3 Å². The number of hydrogen-bond donors (Lipinski definition) is 0. The van der Waals surface area contributed by atoms with Gasteiger partial charge in [-0.25, -0.2) is 9.78 Å². The Labute approximate surface area is 173 Å². The van der Waals surface area contributed by atoms with Crippen molar-refractivity contribution in [1.29, 1.82) is 0 Å². The molecule has 0 bridgehead atoms. The largest absolute Gasteiger partial charge is 0.464 e. The zero-order valence-electron chi connectivity index (χ0n) is 17.7. The predicted molar refractivity (Wildman–Crippen MR) is 113 cm³/mol. The molecule has 0 atom stereocenters. The number of nitrogens with zero attached hydrogens (tertiary/aromatic N) is 2. The van der Waals surface area contributed by atoms with Crippen molar-refractivity contribution in [3.63, 3.8) is 0 Å². The van der Waals surface area contributed by atoms with Gasteiger partial charge in [-0.05, 0) is 19.8 Å². The van der Waals surface area contributed by atoms with E-state index < -0.39 is 5.97 Å². The van der Waals surface area contributed by atoms with Crippen LogP contribution in [0.4, 0.5) is 0 Å². The second-order valence-corrected chi connectivity index (χ2v) is 7.80. The lowest BCUT2D eigenvalue weighted by atomic mass is 10.1. The Kier molecular flexibility index (Phi) is 13.6. The van der Waals surface area contributed by atoms with Gasteiger partial charge in [-0.15, -0.1) is 11.3 Å². The Morgan fingerprint density at radius 3 is 2.46 bits per heavy atom. The minimum Gasteiger partial charge on any atom is -0.464 e. The Morgan fingerprint density at radius 1 is 1.07 bits per heavy atom. The molecule has 1 amide bonds. The summed E-state index contributed by atoms with van der Waals surface area (Å²) in [5.74, 6) is -0.292. The highest BCUT2D eigenvalue weighted by atomic mass is 32.1. The Balaban J connectivity index is 2.49. The summed E-state index contributed by atoms with van der Waals surface area (Å²) in [6.45, 7) is 6.58. The van der Waals surface area contributed by atoms with Gasteiger partial charge in [0.05, 0.1) is 13.7 Å². The molecule has 0 N–H and O–H groups in total. The summed E-state index contributed by atoms with van der Waals surface area (Å²) < 4.78 is 10.1. The van der Waals surface area contributed by atoms with Crippen molar-refractivity contribution < 1.29 is 19.1 Å². The smallest absolute Gasteiger partial charge is 0.357 e. The van der Waals surface area contributed by atoms with Gasteiger partial charge in [-0.1, -0.05) is 45.4 Å². The molecule has 0 aromatic carbocycles. The van der Waals surface area contributed by atoms with Gasteiger partial charge in [0.25, 0.3) is 0 Å². The minimum atomic E-state index is -0.445. The first-order valence-electron chi connectivity index (χ1n) is 10.5. The van der Waals surface area contributed by atoms with Gasteiger partial charge in [-0.2, -0.15) is 0 Å². The first-order chi connectivity index (χ1) is 13.6. The van der Waals surface area contributed by atoms with Gasteiger partial charge >= 0.3 is 5.97 Å². The van der Waals surface area contributed by atoms with E-state index >= 15 is 0 Å². The first kappa shape index (κ1) is 24.6. The van der Waals surface area contributed by atoms with Gasteiger partial charge in [0.2, 0.25) is 5.91 Å². The lowest BCUT2D eigenvalue weighted by Crippen LogP contribution is -2.32. The molecule has 0 unspecified atom stereocenters. The summed E-state index contributed by atoms with van der Waals surface area (Å²) >= 11 is 1.39. The second kappa shape index (κ2) is 15.5. The van der Waals surface area contributed by atoms with Crippen LogP contribution in [0, 0.1) is 0 Å². The van der Waals surface area contributed by atoms with Crippen LogP contribution in [0.2, 0.25) is 0 Å². The number of amides is 1. The normalized spacial score (nSPS) is 10.8. The number of rotatable bonds is 16. The van der Waals surface area contributed by atoms with Gasteiger partial charge < -0.3 is 14.4 Å². The van der Waals surface area contributed by atoms with E-state index in [1.54, 1.807) is 5.38 Å². The van der Waals surface area contributed by atoms with Crippen LogP contribution in [0.5, 0.6) is 0 Å². The molecule has 1 heterocycles. The average Bonchev–Trinajstić information content (AvgIpc) is 3.17. The number of unbranched alkanes of at least 4 members (excludes halogenated alkanes) is 6. The molecule has 7 heteroatoms. The fraction of sp³-hybridized carbons (Fsp3) is 0.762. The number of carbonyl (C=O) groups excluding carboxylic acids is 2. The Bertz CT molecular complexity index is 562. The van der Waals surface area contributed by atoms with Crippen LogP contribution >= 0.6 is 11.3 Å². The maximum Gasteiger partial charge on any atom is 0.357 e.